The summed E-state index contributed by atoms with van der Waals surface area (Å²) < 4.78 is 43.8. The molecule has 1 aliphatic carbocycles. The summed E-state index contributed by atoms with van der Waals surface area (Å²) in [4.78, 5) is 28.0. The highest BCUT2D eigenvalue weighted by molar-refractivity contribution is 5.75. The van der Waals surface area contributed by atoms with E-state index in [-0.39, 0.29) is 37.2 Å². The number of hydrogen-bond acceptors (Lipinski definition) is 8. The van der Waals surface area contributed by atoms with Crippen molar-refractivity contribution < 1.29 is 47.9 Å². The summed E-state index contributed by atoms with van der Waals surface area (Å²) in [5, 5.41) is 40.2. The predicted octanol–water partition coefficient (Wildman–Crippen LogP) is 3.53. The van der Waals surface area contributed by atoms with Crippen LogP contribution in [0, 0.1) is 22.0 Å². The molecule has 40 heavy (non-hydrogen) atoms. The molecular weight excluding hydrogens is 537 g/mol. The number of carbonyl (C=O) groups is 1. The number of unbranched alkanes of at least 4 members (excludes halogenated alkanes) is 1. The van der Waals surface area contributed by atoms with E-state index in [1.807, 2.05) is 12.2 Å². The first-order valence-corrected chi connectivity index (χ1v) is 13.1. The lowest BCUT2D eigenvalue weighted by atomic mass is 9.89. The zero-order valence-corrected chi connectivity index (χ0v) is 22.3. The van der Waals surface area contributed by atoms with E-state index in [0.717, 1.165) is 12.1 Å². The Balaban J connectivity index is 1.75. The maximum absolute atomic E-state index is 12.8. The van der Waals surface area contributed by atoms with Crippen molar-refractivity contribution in [3.63, 3.8) is 0 Å². The van der Waals surface area contributed by atoms with Gasteiger partial charge in [-0.3, -0.25) is 4.79 Å². The first-order chi connectivity index (χ1) is 18.9. The lowest BCUT2D eigenvalue weighted by Crippen LogP contribution is -2.28. The molecule has 0 aliphatic heterocycles. The number of benzene rings is 1. The van der Waals surface area contributed by atoms with E-state index in [9.17, 15) is 43.4 Å². The summed E-state index contributed by atoms with van der Waals surface area (Å²) in [6.45, 7) is -0.00247. The number of rotatable bonds is 16. The molecular formula is C27H37F3N2O8. The Hall–Kier alpha value is -3.16. The van der Waals surface area contributed by atoms with Gasteiger partial charge >= 0.3 is 6.18 Å². The minimum Gasteiger partial charge on any atom is -0.491 e. The molecule has 13 heteroatoms. The monoisotopic (exact) mass is 574 g/mol. The van der Waals surface area contributed by atoms with Gasteiger partial charge in [-0.15, -0.1) is 10.1 Å². The van der Waals surface area contributed by atoms with E-state index in [1.54, 1.807) is 13.1 Å². The highest BCUT2D eigenvalue weighted by Crippen LogP contribution is 2.36. The van der Waals surface area contributed by atoms with Crippen molar-refractivity contribution in [3.8, 4) is 5.75 Å². The van der Waals surface area contributed by atoms with Crippen LogP contribution in [0.5, 0.6) is 5.75 Å². The molecule has 2 rings (SSSR count). The first kappa shape index (κ1) is 33.0. The first-order valence-electron chi connectivity index (χ1n) is 13.1. The quantitative estimate of drug-likeness (QED) is 0.118. The number of nitrogens with zero attached hydrogens (tertiary/aromatic N) is 2. The highest BCUT2D eigenvalue weighted by Gasteiger charge is 2.39. The van der Waals surface area contributed by atoms with E-state index in [4.69, 9.17) is 4.74 Å². The Morgan fingerprint density at radius 1 is 1.25 bits per heavy atom. The minimum absolute atomic E-state index is 0.0303. The zero-order chi connectivity index (χ0) is 29.7. The molecule has 0 heterocycles. The van der Waals surface area contributed by atoms with Crippen LogP contribution in [0.2, 0.25) is 0 Å². The summed E-state index contributed by atoms with van der Waals surface area (Å²) in [6.07, 6.45) is 2.12. The third kappa shape index (κ3) is 11.5. The second-order valence-corrected chi connectivity index (χ2v) is 9.73. The molecule has 1 aromatic carbocycles. The molecule has 0 radical (unpaired) electrons. The third-order valence-electron chi connectivity index (χ3n) is 6.65. The van der Waals surface area contributed by atoms with E-state index in [0.29, 0.717) is 38.6 Å². The molecule has 3 N–H and O–H groups in total. The molecule has 0 spiro atoms. The fraction of sp³-hybridized carbons (Fsp3) is 0.593. The second kappa shape index (κ2) is 16.2. The summed E-state index contributed by atoms with van der Waals surface area (Å²) in [7, 11) is 1.62. The third-order valence-corrected chi connectivity index (χ3v) is 6.65. The van der Waals surface area contributed by atoms with Crippen LogP contribution in [0.1, 0.15) is 44.1 Å². The van der Waals surface area contributed by atoms with Crippen LogP contribution in [0.4, 0.5) is 13.2 Å². The number of amides is 1. The number of alkyl halides is 3. The number of allylic oxidation sites excluding steroid dienone is 2. The SMILES string of the molecule is CN(CCCO[N+](=O)[O-])C(=O)CCCC=CC[C@@H]1[C@@H](C=C[C@@H](O)COc2cccc(C(F)(F)F)c2)[C@H](O)C[C@@H]1O. The standard InChI is InChI=1S/C27H37F3N2O8/c1-31(14-7-15-40-32(37)38)26(36)11-5-3-2-4-10-22-23(25(35)17-24(22)34)13-12-20(33)18-39-21-9-6-8-19(16-21)27(28,29)30/h2,4,6,8-9,12-13,16,20,22-25,33-35H,3,5,7,10-11,14-15,17-18H2,1H3/t20-,22-,23-,24+,25-/m1/s1. The van der Waals surface area contributed by atoms with Gasteiger partial charge in [-0.1, -0.05) is 30.4 Å². The van der Waals surface area contributed by atoms with Gasteiger partial charge in [0.2, 0.25) is 5.91 Å². The van der Waals surface area contributed by atoms with E-state index in [2.05, 4.69) is 4.84 Å². The average Bonchev–Trinajstić information content (AvgIpc) is 3.16. The molecule has 224 valence electrons. The normalized spacial score (nSPS) is 22.1. The molecule has 10 nitrogen and oxygen atoms in total. The maximum Gasteiger partial charge on any atom is 0.416 e. The van der Waals surface area contributed by atoms with Crippen LogP contribution in [0.15, 0.2) is 48.6 Å². The molecule has 0 aromatic heterocycles. The fourth-order valence-electron chi connectivity index (χ4n) is 4.46. The number of halogens is 3. The van der Waals surface area contributed by atoms with Gasteiger partial charge in [0.05, 0.1) is 24.4 Å². The molecule has 1 amide bonds. The van der Waals surface area contributed by atoms with Gasteiger partial charge in [0.15, 0.2) is 0 Å². The number of carbonyl (C=O) groups excluding carboxylic acids is 1. The largest absolute Gasteiger partial charge is 0.491 e. The van der Waals surface area contributed by atoms with Crippen molar-refractivity contribution in [2.75, 3.05) is 26.8 Å². The smallest absolute Gasteiger partial charge is 0.416 e. The molecule has 0 bridgehead atoms. The second-order valence-electron chi connectivity index (χ2n) is 9.73. The van der Waals surface area contributed by atoms with Crippen molar-refractivity contribution in [1.29, 1.82) is 0 Å². The van der Waals surface area contributed by atoms with E-state index in [1.165, 1.54) is 23.1 Å². The van der Waals surface area contributed by atoms with Crippen molar-refractivity contribution in [2.24, 2.45) is 11.8 Å². The summed E-state index contributed by atoms with van der Waals surface area (Å²) >= 11 is 0. The molecule has 5 atom stereocenters. The van der Waals surface area contributed by atoms with Gasteiger partial charge in [0.25, 0.3) is 5.09 Å². The molecule has 1 aliphatic rings. The molecule has 1 fully saturated rings. The molecule has 1 saturated carbocycles. The average molecular weight is 575 g/mol. The number of aliphatic hydroxyl groups is 3. The Bertz CT molecular complexity index is 1000. The summed E-state index contributed by atoms with van der Waals surface area (Å²) in [5.74, 6) is -0.840. The Morgan fingerprint density at radius 2 is 2.00 bits per heavy atom. The van der Waals surface area contributed by atoms with Crippen LogP contribution < -0.4 is 4.74 Å². The molecule has 0 unspecified atom stereocenters. The fourth-order valence-corrected chi connectivity index (χ4v) is 4.46. The topological polar surface area (TPSA) is 143 Å². The Morgan fingerprint density at radius 3 is 2.70 bits per heavy atom. The van der Waals surface area contributed by atoms with Crippen molar-refractivity contribution in [3.05, 3.63) is 64.2 Å². The predicted molar refractivity (Wildman–Crippen MR) is 139 cm³/mol. The summed E-state index contributed by atoms with van der Waals surface area (Å²) in [5.41, 5.74) is -0.856. The van der Waals surface area contributed by atoms with Crippen LogP contribution in [-0.4, -0.2) is 76.3 Å². The van der Waals surface area contributed by atoms with Crippen LogP contribution in [-0.2, 0) is 15.8 Å². The Labute approximate surface area is 230 Å². The van der Waals surface area contributed by atoms with Gasteiger partial charge in [-0.25, -0.2) is 0 Å². The van der Waals surface area contributed by atoms with Gasteiger partial charge < -0.3 is 29.8 Å². The van der Waals surface area contributed by atoms with E-state index >= 15 is 0 Å². The van der Waals surface area contributed by atoms with Gasteiger partial charge in [-0.05, 0) is 49.8 Å². The molecule has 0 saturated heterocycles. The minimum atomic E-state index is -4.51. The number of hydrogen-bond donors (Lipinski definition) is 3. The summed E-state index contributed by atoms with van der Waals surface area (Å²) in [6, 6.07) is 4.34. The lowest BCUT2D eigenvalue weighted by Gasteiger charge is -2.20. The van der Waals surface area contributed by atoms with E-state index < -0.39 is 41.1 Å². The Kier molecular flexibility index (Phi) is 13.4. The maximum atomic E-state index is 12.8. The van der Waals surface area contributed by atoms with Gasteiger partial charge in [0, 0.05) is 32.4 Å². The number of ether oxygens (including phenoxy) is 1. The van der Waals surface area contributed by atoms with Gasteiger partial charge in [0.1, 0.15) is 18.5 Å². The van der Waals surface area contributed by atoms with Crippen LogP contribution in [0.3, 0.4) is 0 Å². The molecule has 1 aromatic rings. The van der Waals surface area contributed by atoms with Crippen LogP contribution in [0.25, 0.3) is 0 Å². The number of aliphatic hydroxyl groups excluding tert-OH is 3. The lowest BCUT2D eigenvalue weighted by molar-refractivity contribution is -0.757. The van der Waals surface area contributed by atoms with Crippen LogP contribution >= 0.6 is 0 Å². The zero-order valence-electron chi connectivity index (χ0n) is 22.3. The van der Waals surface area contributed by atoms with Crippen molar-refractivity contribution in [1.82, 2.24) is 4.90 Å². The highest BCUT2D eigenvalue weighted by atomic mass is 19.4. The van der Waals surface area contributed by atoms with Crippen molar-refractivity contribution in [2.45, 2.75) is 63.0 Å². The van der Waals surface area contributed by atoms with Crippen molar-refractivity contribution >= 4 is 5.91 Å². The van der Waals surface area contributed by atoms with Gasteiger partial charge in [-0.2, -0.15) is 13.2 Å².